The molecule has 1 aromatic carbocycles. The van der Waals surface area contributed by atoms with E-state index in [2.05, 4.69) is 23.2 Å². The Morgan fingerprint density at radius 2 is 2.13 bits per heavy atom. The Morgan fingerprint density at radius 1 is 1.40 bits per heavy atom. The monoisotopic (exact) mass is 208 g/mol. The van der Waals surface area contributed by atoms with Crippen molar-refractivity contribution in [3.8, 4) is 5.75 Å². The van der Waals surface area contributed by atoms with Crippen molar-refractivity contribution in [3.63, 3.8) is 0 Å². The van der Waals surface area contributed by atoms with E-state index in [9.17, 15) is 0 Å². The van der Waals surface area contributed by atoms with E-state index in [1.54, 1.807) is 0 Å². The fourth-order valence-electron chi connectivity index (χ4n) is 1.16. The molecule has 0 spiro atoms. The molecule has 84 valence electrons. The zero-order chi connectivity index (χ0) is 11.3. The Kier molecular flexibility index (Phi) is 4.43. The minimum Gasteiger partial charge on any atom is -0.492 e. The summed E-state index contributed by atoms with van der Waals surface area (Å²) >= 11 is 0. The van der Waals surface area contributed by atoms with Gasteiger partial charge in [-0.1, -0.05) is 6.07 Å². The molecule has 0 amide bonds. The van der Waals surface area contributed by atoms with E-state index < -0.39 is 0 Å². The van der Waals surface area contributed by atoms with Gasteiger partial charge in [-0.3, -0.25) is 0 Å². The predicted octanol–water partition coefficient (Wildman–Crippen LogP) is 1.74. The lowest BCUT2D eigenvalue weighted by molar-refractivity contribution is 0.280. The van der Waals surface area contributed by atoms with E-state index in [1.165, 1.54) is 0 Å². The lowest BCUT2D eigenvalue weighted by Crippen LogP contribution is -2.28. The molecule has 3 nitrogen and oxygen atoms in total. The number of benzene rings is 1. The van der Waals surface area contributed by atoms with Crippen LogP contribution in [-0.2, 0) is 0 Å². The van der Waals surface area contributed by atoms with Crippen LogP contribution in [0.25, 0.3) is 0 Å². The molecule has 3 heteroatoms. The molecule has 0 bridgehead atoms. The fourth-order valence-corrected chi connectivity index (χ4v) is 1.16. The SMILES string of the molecule is CNC(C)COc1cccc(N(C)C)c1. The van der Waals surface area contributed by atoms with Crippen LogP contribution in [0.1, 0.15) is 6.92 Å². The Morgan fingerprint density at radius 3 is 2.73 bits per heavy atom. The van der Waals surface area contributed by atoms with Gasteiger partial charge in [-0.25, -0.2) is 0 Å². The molecule has 0 radical (unpaired) electrons. The second kappa shape index (κ2) is 5.61. The van der Waals surface area contributed by atoms with E-state index in [4.69, 9.17) is 4.74 Å². The lowest BCUT2D eigenvalue weighted by atomic mass is 10.3. The Labute approximate surface area is 92.0 Å². The van der Waals surface area contributed by atoms with Crippen LogP contribution in [0.5, 0.6) is 5.75 Å². The average molecular weight is 208 g/mol. The quantitative estimate of drug-likeness (QED) is 0.797. The first-order valence-corrected chi connectivity index (χ1v) is 5.21. The number of ether oxygens (including phenoxy) is 1. The highest BCUT2D eigenvalue weighted by Gasteiger charge is 2.01. The largest absolute Gasteiger partial charge is 0.492 e. The van der Waals surface area contributed by atoms with Crippen molar-refractivity contribution in [2.75, 3.05) is 32.6 Å². The third-order valence-electron chi connectivity index (χ3n) is 2.33. The molecule has 0 heterocycles. The molecule has 1 unspecified atom stereocenters. The Bertz CT molecular complexity index is 299. The molecule has 0 aliphatic carbocycles. The van der Waals surface area contributed by atoms with Crippen LogP contribution in [0, 0.1) is 0 Å². The van der Waals surface area contributed by atoms with Crippen LogP contribution in [-0.4, -0.2) is 33.8 Å². The highest BCUT2D eigenvalue weighted by Crippen LogP contribution is 2.19. The van der Waals surface area contributed by atoms with E-state index in [1.807, 2.05) is 39.3 Å². The number of hydrogen-bond acceptors (Lipinski definition) is 3. The molecule has 15 heavy (non-hydrogen) atoms. The van der Waals surface area contributed by atoms with Gasteiger partial charge in [0.2, 0.25) is 0 Å². The molecule has 1 aromatic rings. The first-order valence-electron chi connectivity index (χ1n) is 5.21. The van der Waals surface area contributed by atoms with Gasteiger partial charge in [0.15, 0.2) is 0 Å². The second-order valence-electron chi connectivity index (χ2n) is 3.89. The van der Waals surface area contributed by atoms with Crippen molar-refractivity contribution < 1.29 is 4.74 Å². The van der Waals surface area contributed by atoms with E-state index in [0.29, 0.717) is 12.6 Å². The number of hydrogen-bond donors (Lipinski definition) is 1. The van der Waals surface area contributed by atoms with Crippen molar-refractivity contribution in [1.29, 1.82) is 0 Å². The van der Waals surface area contributed by atoms with Crippen molar-refractivity contribution in [1.82, 2.24) is 5.32 Å². The summed E-state index contributed by atoms with van der Waals surface area (Å²) in [6.07, 6.45) is 0. The number of nitrogens with zero attached hydrogens (tertiary/aromatic N) is 1. The standard InChI is InChI=1S/C12H20N2O/c1-10(13-2)9-15-12-7-5-6-11(8-12)14(3)4/h5-8,10,13H,9H2,1-4H3. The third-order valence-corrected chi connectivity index (χ3v) is 2.33. The predicted molar refractivity (Wildman–Crippen MR) is 64.8 cm³/mol. The zero-order valence-electron chi connectivity index (χ0n) is 9.95. The van der Waals surface area contributed by atoms with Gasteiger partial charge < -0.3 is 15.0 Å². The van der Waals surface area contributed by atoms with Crippen LogP contribution >= 0.6 is 0 Å². The van der Waals surface area contributed by atoms with Gasteiger partial charge in [0.05, 0.1) is 0 Å². The van der Waals surface area contributed by atoms with Gasteiger partial charge in [0.1, 0.15) is 12.4 Å². The number of rotatable bonds is 5. The van der Waals surface area contributed by atoms with Crippen molar-refractivity contribution in [3.05, 3.63) is 24.3 Å². The first-order chi connectivity index (χ1) is 7.13. The number of anilines is 1. The maximum Gasteiger partial charge on any atom is 0.121 e. The summed E-state index contributed by atoms with van der Waals surface area (Å²) in [5.74, 6) is 0.920. The number of likely N-dealkylation sites (N-methyl/N-ethyl adjacent to an activating group) is 1. The molecular weight excluding hydrogens is 188 g/mol. The molecule has 0 fully saturated rings. The summed E-state index contributed by atoms with van der Waals surface area (Å²) in [6.45, 7) is 2.78. The molecule has 1 rings (SSSR count). The van der Waals surface area contributed by atoms with Gasteiger partial charge in [-0.2, -0.15) is 0 Å². The smallest absolute Gasteiger partial charge is 0.121 e. The van der Waals surface area contributed by atoms with Crippen LogP contribution in [0.15, 0.2) is 24.3 Å². The van der Waals surface area contributed by atoms with Gasteiger partial charge in [-0.15, -0.1) is 0 Å². The van der Waals surface area contributed by atoms with Crippen LogP contribution in [0.2, 0.25) is 0 Å². The maximum absolute atomic E-state index is 5.66. The highest BCUT2D eigenvalue weighted by molar-refractivity contribution is 5.49. The lowest BCUT2D eigenvalue weighted by Gasteiger charge is -2.15. The normalized spacial score (nSPS) is 12.3. The van der Waals surface area contributed by atoms with E-state index in [-0.39, 0.29) is 0 Å². The van der Waals surface area contributed by atoms with Gasteiger partial charge in [0, 0.05) is 31.9 Å². The van der Waals surface area contributed by atoms with Gasteiger partial charge in [0.25, 0.3) is 0 Å². The second-order valence-corrected chi connectivity index (χ2v) is 3.89. The van der Waals surface area contributed by atoms with Crippen LogP contribution in [0.3, 0.4) is 0 Å². The number of nitrogens with one attached hydrogen (secondary N) is 1. The molecule has 0 aliphatic rings. The van der Waals surface area contributed by atoms with Crippen molar-refractivity contribution in [2.24, 2.45) is 0 Å². The summed E-state index contributed by atoms with van der Waals surface area (Å²) in [6, 6.07) is 8.47. The molecule has 0 aromatic heterocycles. The van der Waals surface area contributed by atoms with Crippen molar-refractivity contribution >= 4 is 5.69 Å². The van der Waals surface area contributed by atoms with Gasteiger partial charge in [-0.05, 0) is 26.1 Å². The summed E-state index contributed by atoms with van der Waals surface area (Å²) < 4.78 is 5.66. The summed E-state index contributed by atoms with van der Waals surface area (Å²) in [5, 5.41) is 3.14. The van der Waals surface area contributed by atoms with Crippen LogP contribution in [0.4, 0.5) is 5.69 Å². The molecule has 0 saturated carbocycles. The van der Waals surface area contributed by atoms with E-state index >= 15 is 0 Å². The highest BCUT2D eigenvalue weighted by atomic mass is 16.5. The zero-order valence-corrected chi connectivity index (χ0v) is 9.95. The van der Waals surface area contributed by atoms with E-state index in [0.717, 1.165) is 11.4 Å². The Hall–Kier alpha value is -1.22. The maximum atomic E-state index is 5.66. The first kappa shape index (κ1) is 11.9. The molecule has 0 aliphatic heterocycles. The minimum atomic E-state index is 0.369. The molecule has 1 atom stereocenters. The van der Waals surface area contributed by atoms with Crippen LogP contribution < -0.4 is 15.0 Å². The Balaban J connectivity index is 2.58. The van der Waals surface area contributed by atoms with Crippen molar-refractivity contribution in [2.45, 2.75) is 13.0 Å². The van der Waals surface area contributed by atoms with Gasteiger partial charge >= 0.3 is 0 Å². The summed E-state index contributed by atoms with van der Waals surface area (Å²) in [4.78, 5) is 2.06. The molecule has 1 N–H and O–H groups in total. The topological polar surface area (TPSA) is 24.5 Å². The minimum absolute atomic E-state index is 0.369. The molecular formula is C12H20N2O. The molecule has 0 saturated heterocycles. The summed E-state index contributed by atoms with van der Waals surface area (Å²) in [5.41, 5.74) is 1.16. The fraction of sp³-hybridized carbons (Fsp3) is 0.500. The summed E-state index contributed by atoms with van der Waals surface area (Å²) in [7, 11) is 5.98. The third kappa shape index (κ3) is 3.80. The average Bonchev–Trinajstić information content (AvgIpc) is 2.26.